The van der Waals surface area contributed by atoms with Gasteiger partial charge in [-0.25, -0.2) is 0 Å². The molecule has 0 aromatic heterocycles. The summed E-state index contributed by atoms with van der Waals surface area (Å²) in [5.74, 6) is 0.633. The molecule has 2 atom stereocenters. The third-order valence-electron chi connectivity index (χ3n) is 4.61. The molecule has 0 radical (unpaired) electrons. The predicted molar refractivity (Wildman–Crippen MR) is 81.0 cm³/mol. The van der Waals surface area contributed by atoms with Crippen LogP contribution in [-0.2, 0) is 12.0 Å². The fourth-order valence-corrected chi connectivity index (χ4v) is 3.38. The van der Waals surface area contributed by atoms with E-state index in [9.17, 15) is 5.11 Å². The minimum Gasteiger partial charge on any atom is -0.399 e. The van der Waals surface area contributed by atoms with Gasteiger partial charge >= 0.3 is 0 Å². The number of nitrogens with two attached hydrogens (primary N) is 1. The quantitative estimate of drug-likeness (QED) is 0.760. The third kappa shape index (κ3) is 3.11. The highest BCUT2D eigenvalue weighted by atomic mass is 16.3. The molecule has 0 heterocycles. The maximum Gasteiger partial charge on any atom is 0.0905 e. The van der Waals surface area contributed by atoms with E-state index in [-0.39, 0.29) is 0 Å². The molecule has 0 aliphatic heterocycles. The molecule has 2 nitrogen and oxygen atoms in total. The molecule has 2 rings (SSSR count). The Kier molecular flexibility index (Phi) is 4.51. The van der Waals surface area contributed by atoms with Crippen LogP contribution >= 0.6 is 0 Å². The second kappa shape index (κ2) is 5.96. The van der Waals surface area contributed by atoms with Crippen molar-refractivity contribution in [3.8, 4) is 0 Å². The van der Waals surface area contributed by atoms with Gasteiger partial charge in [-0.15, -0.1) is 0 Å². The summed E-state index contributed by atoms with van der Waals surface area (Å²) in [6.07, 6.45) is 7.62. The van der Waals surface area contributed by atoms with Gasteiger partial charge in [-0.05, 0) is 48.4 Å². The summed E-state index contributed by atoms with van der Waals surface area (Å²) in [7, 11) is 0. The van der Waals surface area contributed by atoms with Crippen LogP contribution in [0, 0.1) is 5.92 Å². The molecule has 2 heteroatoms. The molecule has 0 saturated carbocycles. The molecule has 3 N–H and O–H groups in total. The van der Waals surface area contributed by atoms with Crippen LogP contribution in [-0.4, -0.2) is 5.11 Å². The van der Waals surface area contributed by atoms with Crippen LogP contribution < -0.4 is 5.73 Å². The molecular weight excluding hydrogens is 234 g/mol. The van der Waals surface area contributed by atoms with Crippen LogP contribution in [0.4, 0.5) is 5.69 Å². The minimum absolute atomic E-state index is 0.614. The van der Waals surface area contributed by atoms with E-state index in [2.05, 4.69) is 13.8 Å². The zero-order valence-electron chi connectivity index (χ0n) is 12.3. The highest BCUT2D eigenvalue weighted by Gasteiger charge is 2.37. The minimum atomic E-state index is -0.614. The summed E-state index contributed by atoms with van der Waals surface area (Å²) in [6, 6.07) is 5.98. The van der Waals surface area contributed by atoms with Gasteiger partial charge in [0.1, 0.15) is 0 Å². The molecule has 2 unspecified atom stereocenters. The fraction of sp³-hybridized carbons (Fsp3) is 0.647. The highest BCUT2D eigenvalue weighted by Crippen LogP contribution is 2.43. The summed E-state index contributed by atoms with van der Waals surface area (Å²) >= 11 is 0. The summed E-state index contributed by atoms with van der Waals surface area (Å²) in [5, 5.41) is 11.0. The van der Waals surface area contributed by atoms with E-state index in [1.165, 1.54) is 24.8 Å². The lowest BCUT2D eigenvalue weighted by atomic mass is 9.82. The van der Waals surface area contributed by atoms with Crippen molar-refractivity contribution in [3.63, 3.8) is 0 Å². The van der Waals surface area contributed by atoms with Gasteiger partial charge in [0.15, 0.2) is 0 Å². The van der Waals surface area contributed by atoms with Crippen molar-refractivity contribution in [1.29, 1.82) is 0 Å². The van der Waals surface area contributed by atoms with E-state index >= 15 is 0 Å². The number of hydrogen-bond acceptors (Lipinski definition) is 2. The molecule has 0 fully saturated rings. The number of aryl methyl sites for hydroxylation is 1. The molecular formula is C17H27NO. The molecule has 0 spiro atoms. The lowest BCUT2D eigenvalue weighted by Gasteiger charge is -2.29. The Balaban J connectivity index is 2.12. The van der Waals surface area contributed by atoms with Gasteiger partial charge < -0.3 is 10.8 Å². The first kappa shape index (κ1) is 14.4. The van der Waals surface area contributed by atoms with Gasteiger partial charge in [0, 0.05) is 5.69 Å². The largest absolute Gasteiger partial charge is 0.399 e. The highest BCUT2D eigenvalue weighted by molar-refractivity contribution is 5.48. The topological polar surface area (TPSA) is 46.2 Å². The van der Waals surface area contributed by atoms with E-state index in [0.717, 1.165) is 36.9 Å². The Morgan fingerprint density at radius 3 is 2.84 bits per heavy atom. The van der Waals surface area contributed by atoms with Crippen molar-refractivity contribution in [1.82, 2.24) is 0 Å². The first-order valence-electron chi connectivity index (χ1n) is 7.70. The Bertz CT molecular complexity index is 429. The van der Waals surface area contributed by atoms with E-state index in [1.54, 1.807) is 0 Å². The first-order chi connectivity index (χ1) is 9.09. The molecule has 19 heavy (non-hydrogen) atoms. The van der Waals surface area contributed by atoms with Crippen LogP contribution in [0.5, 0.6) is 0 Å². The number of rotatable bonds is 6. The number of unbranched alkanes of at least 4 members (excludes halogenated alkanes) is 1. The Morgan fingerprint density at radius 2 is 2.16 bits per heavy atom. The average Bonchev–Trinajstić information content (AvgIpc) is 2.71. The van der Waals surface area contributed by atoms with Crippen molar-refractivity contribution < 1.29 is 5.11 Å². The van der Waals surface area contributed by atoms with Gasteiger partial charge in [-0.2, -0.15) is 0 Å². The smallest absolute Gasteiger partial charge is 0.0905 e. The molecule has 1 aromatic carbocycles. The third-order valence-corrected chi connectivity index (χ3v) is 4.61. The van der Waals surface area contributed by atoms with Crippen LogP contribution in [0.3, 0.4) is 0 Å². The molecule has 0 saturated heterocycles. The van der Waals surface area contributed by atoms with E-state index in [4.69, 9.17) is 5.73 Å². The summed E-state index contributed by atoms with van der Waals surface area (Å²) in [5.41, 5.74) is 8.39. The van der Waals surface area contributed by atoms with Crippen LogP contribution in [0.15, 0.2) is 18.2 Å². The van der Waals surface area contributed by atoms with Crippen molar-refractivity contribution >= 4 is 5.69 Å². The molecule has 0 amide bonds. The maximum atomic E-state index is 11.0. The number of hydrogen-bond donors (Lipinski definition) is 2. The van der Waals surface area contributed by atoms with Crippen LogP contribution in [0.2, 0.25) is 0 Å². The van der Waals surface area contributed by atoms with Gasteiger partial charge in [0.25, 0.3) is 0 Å². The Labute approximate surface area is 117 Å². The van der Waals surface area contributed by atoms with Gasteiger partial charge in [0.05, 0.1) is 5.60 Å². The van der Waals surface area contributed by atoms with Crippen molar-refractivity contribution in [2.45, 2.75) is 64.4 Å². The van der Waals surface area contributed by atoms with Crippen molar-refractivity contribution in [2.24, 2.45) is 5.92 Å². The Hall–Kier alpha value is -1.02. The zero-order valence-corrected chi connectivity index (χ0v) is 12.3. The number of aliphatic hydroxyl groups is 1. The molecule has 1 aliphatic carbocycles. The average molecular weight is 261 g/mol. The second-order valence-corrected chi connectivity index (χ2v) is 6.07. The molecule has 0 bridgehead atoms. The molecule has 1 aromatic rings. The first-order valence-corrected chi connectivity index (χ1v) is 7.70. The number of anilines is 1. The standard InChI is InChI=1S/C17H27NO/c1-3-5-6-13(4-2)12-17(19)10-9-14-11-15(18)7-8-16(14)17/h7-8,11,13,19H,3-6,9-10,12,18H2,1-2H3. The zero-order chi connectivity index (χ0) is 13.9. The van der Waals surface area contributed by atoms with Crippen LogP contribution in [0.1, 0.15) is 63.5 Å². The van der Waals surface area contributed by atoms with Gasteiger partial charge in [0.2, 0.25) is 0 Å². The number of fused-ring (bicyclic) bond motifs is 1. The van der Waals surface area contributed by atoms with Gasteiger partial charge in [-0.1, -0.05) is 45.6 Å². The maximum absolute atomic E-state index is 11.0. The summed E-state index contributed by atoms with van der Waals surface area (Å²) in [6.45, 7) is 4.47. The van der Waals surface area contributed by atoms with Gasteiger partial charge in [-0.3, -0.25) is 0 Å². The Morgan fingerprint density at radius 1 is 1.37 bits per heavy atom. The van der Waals surface area contributed by atoms with Crippen molar-refractivity contribution in [2.75, 3.05) is 5.73 Å². The van der Waals surface area contributed by atoms with Crippen LogP contribution in [0.25, 0.3) is 0 Å². The normalized spacial score (nSPS) is 23.3. The summed E-state index contributed by atoms with van der Waals surface area (Å²) < 4.78 is 0. The fourth-order valence-electron chi connectivity index (χ4n) is 3.38. The number of nitrogen functional groups attached to an aromatic ring is 1. The molecule has 1 aliphatic rings. The van der Waals surface area contributed by atoms with E-state index in [0.29, 0.717) is 5.92 Å². The van der Waals surface area contributed by atoms with E-state index < -0.39 is 5.60 Å². The number of benzene rings is 1. The lowest BCUT2D eigenvalue weighted by Crippen LogP contribution is -2.26. The lowest BCUT2D eigenvalue weighted by molar-refractivity contribution is 0.0105. The molecule has 106 valence electrons. The monoisotopic (exact) mass is 261 g/mol. The summed E-state index contributed by atoms with van der Waals surface area (Å²) in [4.78, 5) is 0. The second-order valence-electron chi connectivity index (χ2n) is 6.07. The SMILES string of the molecule is CCCCC(CC)CC1(O)CCc2cc(N)ccc21. The predicted octanol–water partition coefficient (Wildman–Crippen LogP) is 4.01. The van der Waals surface area contributed by atoms with Crippen molar-refractivity contribution in [3.05, 3.63) is 29.3 Å². The van der Waals surface area contributed by atoms with E-state index in [1.807, 2.05) is 18.2 Å².